The van der Waals surface area contributed by atoms with Crippen LogP contribution in [0.5, 0.6) is 0 Å². The summed E-state index contributed by atoms with van der Waals surface area (Å²) < 4.78 is 19.0. The van der Waals surface area contributed by atoms with Crippen molar-refractivity contribution < 1.29 is 13.0 Å². The molecule has 1 unspecified atom stereocenters. The van der Waals surface area contributed by atoms with E-state index in [0.29, 0.717) is 22.6 Å². The SMILES string of the molecule is CC(=O)Nc1nc(F)c(CN2CC([O][Al])C[C@@H]2C)s1. The van der Waals surface area contributed by atoms with Gasteiger partial charge in [0.15, 0.2) is 5.13 Å². The molecule has 0 saturated carbocycles. The molecule has 0 bridgehead atoms. The first kappa shape index (κ1) is 14.9. The predicted molar refractivity (Wildman–Crippen MR) is 71.5 cm³/mol. The number of nitrogens with zero attached hydrogens (tertiary/aromatic N) is 2. The molecule has 1 aromatic heterocycles. The molecular weight excluding hydrogens is 284 g/mol. The van der Waals surface area contributed by atoms with Crippen molar-refractivity contribution in [3.63, 3.8) is 0 Å². The first-order valence-corrected chi connectivity index (χ1v) is 7.30. The Labute approximate surface area is 123 Å². The van der Waals surface area contributed by atoms with E-state index in [4.69, 9.17) is 3.79 Å². The number of thiazole rings is 1. The number of amides is 1. The van der Waals surface area contributed by atoms with Crippen molar-refractivity contribution in [1.82, 2.24) is 9.88 Å². The maximum atomic E-state index is 13.7. The number of hydrogen-bond acceptors (Lipinski definition) is 5. The molecule has 1 saturated heterocycles. The van der Waals surface area contributed by atoms with Crippen LogP contribution in [0.1, 0.15) is 25.1 Å². The second kappa shape index (κ2) is 6.29. The molecule has 5 nitrogen and oxygen atoms in total. The Morgan fingerprint density at radius 2 is 2.47 bits per heavy atom. The lowest BCUT2D eigenvalue weighted by molar-refractivity contribution is -0.114. The van der Waals surface area contributed by atoms with Gasteiger partial charge in [-0.1, -0.05) is 11.3 Å². The van der Waals surface area contributed by atoms with E-state index in [2.05, 4.69) is 38.7 Å². The van der Waals surface area contributed by atoms with Gasteiger partial charge >= 0.3 is 16.6 Å². The summed E-state index contributed by atoms with van der Waals surface area (Å²) in [7, 11) is 0. The van der Waals surface area contributed by atoms with Crippen LogP contribution in [0.25, 0.3) is 0 Å². The highest BCUT2D eigenvalue weighted by atomic mass is 32.1. The van der Waals surface area contributed by atoms with Gasteiger partial charge in [0.2, 0.25) is 11.9 Å². The summed E-state index contributed by atoms with van der Waals surface area (Å²) >= 11 is 3.46. The number of halogens is 1. The fraction of sp³-hybridized carbons (Fsp3) is 0.636. The van der Waals surface area contributed by atoms with Gasteiger partial charge in [0, 0.05) is 32.2 Å². The molecule has 1 aliphatic heterocycles. The molecule has 0 spiro atoms. The van der Waals surface area contributed by atoms with Gasteiger partial charge in [-0.05, 0) is 13.3 Å². The van der Waals surface area contributed by atoms with Crippen molar-refractivity contribution >= 4 is 39.0 Å². The van der Waals surface area contributed by atoms with Crippen molar-refractivity contribution in [1.29, 1.82) is 0 Å². The molecule has 1 aliphatic rings. The van der Waals surface area contributed by atoms with Crippen LogP contribution in [-0.4, -0.2) is 51.1 Å². The van der Waals surface area contributed by atoms with E-state index >= 15 is 0 Å². The van der Waals surface area contributed by atoms with Crippen LogP contribution in [-0.2, 0) is 15.1 Å². The zero-order chi connectivity index (χ0) is 14.0. The monoisotopic (exact) mass is 299 g/mol. The van der Waals surface area contributed by atoms with Gasteiger partial charge in [-0.3, -0.25) is 9.69 Å². The number of carbonyl (C=O) groups is 1. The molecular formula is C11H15AlFN3O2S. The van der Waals surface area contributed by atoms with Gasteiger partial charge in [-0.15, -0.1) is 0 Å². The van der Waals surface area contributed by atoms with Crippen LogP contribution in [0.15, 0.2) is 0 Å². The number of nitrogens with one attached hydrogen (secondary N) is 1. The van der Waals surface area contributed by atoms with Crippen LogP contribution >= 0.6 is 11.3 Å². The summed E-state index contributed by atoms with van der Waals surface area (Å²) in [5, 5.41) is 2.81. The smallest absolute Gasteiger partial charge is 0.369 e. The fourth-order valence-electron chi connectivity index (χ4n) is 2.18. The number of hydrogen-bond donors (Lipinski definition) is 1. The second-order valence-corrected chi connectivity index (χ2v) is 6.04. The minimum atomic E-state index is -0.504. The zero-order valence-corrected chi connectivity index (χ0v) is 12.8. The highest BCUT2D eigenvalue weighted by molar-refractivity contribution is 7.15. The third-order valence-corrected chi connectivity index (χ3v) is 4.45. The van der Waals surface area contributed by atoms with E-state index in [-0.39, 0.29) is 12.0 Å². The Morgan fingerprint density at radius 3 is 3.05 bits per heavy atom. The largest absolute Gasteiger partial charge is 0.513 e. The summed E-state index contributed by atoms with van der Waals surface area (Å²) in [6.07, 6.45) is 1.11. The predicted octanol–water partition coefficient (Wildman–Crippen LogP) is 1.30. The van der Waals surface area contributed by atoms with Crippen molar-refractivity contribution in [2.24, 2.45) is 0 Å². The number of carbonyl (C=O) groups excluding carboxylic acids is 1. The molecule has 0 aromatic carbocycles. The minimum Gasteiger partial charge on any atom is -0.513 e. The van der Waals surface area contributed by atoms with E-state index < -0.39 is 5.95 Å². The highest BCUT2D eigenvalue weighted by Gasteiger charge is 2.29. The van der Waals surface area contributed by atoms with Crippen LogP contribution < -0.4 is 5.32 Å². The summed E-state index contributed by atoms with van der Waals surface area (Å²) in [6, 6.07) is 0.344. The quantitative estimate of drug-likeness (QED) is 0.852. The van der Waals surface area contributed by atoms with Crippen LogP contribution in [0, 0.1) is 5.95 Å². The van der Waals surface area contributed by atoms with Crippen LogP contribution in [0.2, 0.25) is 0 Å². The molecule has 2 heterocycles. The van der Waals surface area contributed by atoms with Gasteiger partial charge in [-0.25, -0.2) is 0 Å². The Balaban J connectivity index is 2.03. The lowest BCUT2D eigenvalue weighted by Crippen LogP contribution is -2.27. The normalized spacial score (nSPS) is 23.7. The molecule has 2 atom stereocenters. The molecule has 1 amide bonds. The Kier molecular flexibility index (Phi) is 4.93. The average molecular weight is 299 g/mol. The van der Waals surface area contributed by atoms with Crippen molar-refractivity contribution in [2.45, 2.75) is 39.0 Å². The molecule has 1 fully saturated rings. The molecule has 102 valence electrons. The summed E-state index contributed by atoms with van der Waals surface area (Å²) in [6.45, 7) is 4.74. The highest BCUT2D eigenvalue weighted by Crippen LogP contribution is 2.27. The molecule has 2 rings (SSSR count). The Hall–Kier alpha value is -0.518. The number of anilines is 1. The Bertz CT molecular complexity index is 471. The maximum Gasteiger partial charge on any atom is 0.369 e. The molecule has 2 radical (unpaired) electrons. The summed E-state index contributed by atoms with van der Waals surface area (Å²) in [5.74, 6) is -0.748. The number of rotatable bonds is 4. The van der Waals surface area contributed by atoms with Crippen molar-refractivity contribution in [2.75, 3.05) is 11.9 Å². The van der Waals surface area contributed by atoms with E-state index in [9.17, 15) is 9.18 Å². The third-order valence-electron chi connectivity index (χ3n) is 3.14. The number of aromatic nitrogens is 1. The summed E-state index contributed by atoms with van der Waals surface area (Å²) in [4.78, 5) is 17.3. The van der Waals surface area contributed by atoms with E-state index in [1.54, 1.807) is 0 Å². The van der Waals surface area contributed by atoms with Crippen molar-refractivity contribution in [3.05, 3.63) is 10.8 Å². The standard InChI is InChI=1S/C11H15FN3O2S.Al/c1-6-3-8(17)4-15(6)5-9-10(12)14-11(18-9)13-7(2)16;/h6,8H,3-5H2,1-2H3,(H,13,14,16);/q-1;+1/t6-,8?;/m0./s1. The van der Waals surface area contributed by atoms with E-state index in [0.717, 1.165) is 13.0 Å². The lowest BCUT2D eigenvalue weighted by atomic mass is 10.2. The van der Waals surface area contributed by atoms with Crippen LogP contribution in [0.4, 0.5) is 9.52 Å². The first-order valence-electron chi connectivity index (χ1n) is 6.02. The van der Waals surface area contributed by atoms with Gasteiger partial charge < -0.3 is 9.11 Å². The van der Waals surface area contributed by atoms with Gasteiger partial charge in [-0.2, -0.15) is 9.37 Å². The molecule has 1 aromatic rings. The molecule has 8 heteroatoms. The second-order valence-electron chi connectivity index (χ2n) is 4.69. The van der Waals surface area contributed by atoms with Gasteiger partial charge in [0.05, 0.1) is 4.88 Å². The third kappa shape index (κ3) is 3.74. The Morgan fingerprint density at radius 1 is 1.74 bits per heavy atom. The fourth-order valence-corrected chi connectivity index (χ4v) is 3.30. The topological polar surface area (TPSA) is 54.5 Å². The van der Waals surface area contributed by atoms with Gasteiger partial charge in [0.1, 0.15) is 0 Å². The summed E-state index contributed by atoms with van der Waals surface area (Å²) in [5.41, 5.74) is 0. The van der Waals surface area contributed by atoms with E-state index in [1.165, 1.54) is 18.3 Å². The van der Waals surface area contributed by atoms with Crippen LogP contribution in [0.3, 0.4) is 0 Å². The molecule has 19 heavy (non-hydrogen) atoms. The van der Waals surface area contributed by atoms with Crippen molar-refractivity contribution in [3.8, 4) is 0 Å². The molecule has 1 N–H and O–H groups in total. The maximum absolute atomic E-state index is 13.7. The minimum absolute atomic E-state index is 0.172. The molecule has 0 aliphatic carbocycles. The van der Waals surface area contributed by atoms with E-state index in [1.807, 2.05) is 0 Å². The first-order chi connectivity index (χ1) is 8.99. The van der Waals surface area contributed by atoms with Gasteiger partial charge in [0.25, 0.3) is 0 Å². The average Bonchev–Trinajstić information content (AvgIpc) is 2.83. The lowest BCUT2D eigenvalue weighted by Gasteiger charge is -2.19. The zero-order valence-electron chi connectivity index (χ0n) is 10.9. The number of likely N-dealkylation sites (tertiary alicyclic amines) is 1.